The first-order chi connectivity index (χ1) is 14.7. The minimum atomic E-state index is -0.728. The zero-order chi connectivity index (χ0) is 21.3. The Morgan fingerprint density at radius 3 is 2.00 bits per heavy atom. The van der Waals surface area contributed by atoms with Crippen LogP contribution in [-0.4, -0.2) is 26.1 Å². The summed E-state index contributed by atoms with van der Waals surface area (Å²) in [5.41, 5.74) is 2.37. The maximum Gasteiger partial charge on any atom is 0.195 e. The first-order valence-electron chi connectivity index (χ1n) is 9.80. The van der Waals surface area contributed by atoms with E-state index in [-0.39, 0.29) is 5.78 Å². The van der Waals surface area contributed by atoms with Gasteiger partial charge in [-0.2, -0.15) is 0 Å². The summed E-state index contributed by atoms with van der Waals surface area (Å²) >= 11 is 0. The van der Waals surface area contributed by atoms with Gasteiger partial charge >= 0.3 is 0 Å². The van der Waals surface area contributed by atoms with Gasteiger partial charge in [-0.05, 0) is 35.7 Å². The van der Waals surface area contributed by atoms with Gasteiger partial charge in [0.05, 0.1) is 19.8 Å². The maximum absolute atomic E-state index is 13.5. The number of Topliss-reactive ketones (excluding diaryl/α,β-unsaturated/α-hetero) is 1. The zero-order valence-corrected chi connectivity index (χ0v) is 17.3. The highest BCUT2D eigenvalue weighted by atomic mass is 16.5. The van der Waals surface area contributed by atoms with E-state index in [1.54, 1.807) is 38.5 Å². The Hall–Kier alpha value is -3.37. The van der Waals surface area contributed by atoms with E-state index in [2.05, 4.69) is 6.58 Å². The highest BCUT2D eigenvalue weighted by molar-refractivity contribution is 6.02. The normalized spacial score (nSPS) is 11.7. The van der Waals surface area contributed by atoms with E-state index < -0.39 is 12.2 Å². The standard InChI is InChI=1S/C26H26O4/c1-4-11-24(25(27)22-18-21(28-2)16-17-23(22)29-3)30-26(19-12-7-5-8-13-19)20-14-9-6-10-15-20/h4-10,12-18,24,26H,1,11H2,2-3H3/t24-/m0/s1. The molecule has 1 atom stereocenters. The van der Waals surface area contributed by atoms with Crippen LogP contribution in [0.3, 0.4) is 0 Å². The van der Waals surface area contributed by atoms with Crippen molar-refractivity contribution < 1.29 is 19.0 Å². The van der Waals surface area contributed by atoms with Crippen LogP contribution in [0.4, 0.5) is 0 Å². The van der Waals surface area contributed by atoms with E-state index in [0.29, 0.717) is 23.5 Å². The first-order valence-corrected chi connectivity index (χ1v) is 9.80. The molecule has 0 saturated heterocycles. The minimum absolute atomic E-state index is 0.178. The summed E-state index contributed by atoms with van der Waals surface area (Å²) in [6.07, 6.45) is 0.948. The predicted molar refractivity (Wildman–Crippen MR) is 118 cm³/mol. The summed E-state index contributed by atoms with van der Waals surface area (Å²) in [7, 11) is 3.10. The number of hydrogen-bond acceptors (Lipinski definition) is 4. The second-order valence-electron chi connectivity index (χ2n) is 6.78. The van der Waals surface area contributed by atoms with Crippen LogP contribution in [0.15, 0.2) is 91.5 Å². The van der Waals surface area contributed by atoms with Crippen LogP contribution in [0.5, 0.6) is 11.5 Å². The third kappa shape index (κ3) is 4.97. The molecule has 0 amide bonds. The highest BCUT2D eigenvalue weighted by Gasteiger charge is 2.28. The molecule has 0 saturated carbocycles. The molecule has 4 heteroatoms. The zero-order valence-electron chi connectivity index (χ0n) is 17.3. The summed E-state index contributed by atoms with van der Waals surface area (Å²) in [6.45, 7) is 3.82. The monoisotopic (exact) mass is 402 g/mol. The fourth-order valence-electron chi connectivity index (χ4n) is 3.33. The maximum atomic E-state index is 13.5. The Labute approximate surface area is 177 Å². The number of carbonyl (C=O) groups is 1. The van der Waals surface area contributed by atoms with Gasteiger partial charge in [-0.1, -0.05) is 66.7 Å². The number of ether oxygens (including phenoxy) is 3. The van der Waals surface area contributed by atoms with Crippen LogP contribution in [0.2, 0.25) is 0 Å². The minimum Gasteiger partial charge on any atom is -0.497 e. The lowest BCUT2D eigenvalue weighted by atomic mass is 9.99. The molecular formula is C26H26O4. The average Bonchev–Trinajstić information content (AvgIpc) is 2.82. The van der Waals surface area contributed by atoms with Crippen LogP contribution in [-0.2, 0) is 4.74 Å². The number of methoxy groups -OCH3 is 2. The van der Waals surface area contributed by atoms with E-state index in [1.807, 2.05) is 60.7 Å². The van der Waals surface area contributed by atoms with Crippen molar-refractivity contribution in [3.8, 4) is 11.5 Å². The highest BCUT2D eigenvalue weighted by Crippen LogP contribution is 2.31. The van der Waals surface area contributed by atoms with E-state index in [0.717, 1.165) is 11.1 Å². The van der Waals surface area contributed by atoms with Crippen LogP contribution < -0.4 is 9.47 Å². The molecule has 0 unspecified atom stereocenters. The predicted octanol–water partition coefficient (Wildman–Crippen LogP) is 5.64. The Morgan fingerprint density at radius 1 is 0.900 bits per heavy atom. The Bertz CT molecular complexity index is 927. The molecule has 0 spiro atoms. The van der Waals surface area contributed by atoms with Crippen molar-refractivity contribution in [1.29, 1.82) is 0 Å². The number of benzene rings is 3. The Kier molecular flexibility index (Phi) is 7.41. The fraction of sp³-hybridized carbons (Fsp3) is 0.192. The van der Waals surface area contributed by atoms with E-state index >= 15 is 0 Å². The van der Waals surface area contributed by atoms with Gasteiger partial charge < -0.3 is 14.2 Å². The van der Waals surface area contributed by atoms with Crippen LogP contribution in [0.1, 0.15) is 34.0 Å². The van der Waals surface area contributed by atoms with Crippen molar-refractivity contribution in [1.82, 2.24) is 0 Å². The number of carbonyl (C=O) groups excluding carboxylic acids is 1. The van der Waals surface area contributed by atoms with Crippen LogP contribution in [0, 0.1) is 0 Å². The van der Waals surface area contributed by atoms with Crippen LogP contribution >= 0.6 is 0 Å². The smallest absolute Gasteiger partial charge is 0.195 e. The molecule has 0 aliphatic rings. The van der Waals surface area contributed by atoms with Gasteiger partial charge in [-0.25, -0.2) is 0 Å². The third-order valence-corrected chi connectivity index (χ3v) is 4.85. The quantitative estimate of drug-likeness (QED) is 0.325. The molecule has 0 N–H and O–H groups in total. The molecule has 30 heavy (non-hydrogen) atoms. The number of ketones is 1. The Morgan fingerprint density at radius 2 is 1.50 bits per heavy atom. The molecule has 154 valence electrons. The van der Waals surface area contributed by atoms with Crippen molar-refractivity contribution in [3.63, 3.8) is 0 Å². The largest absolute Gasteiger partial charge is 0.497 e. The van der Waals surface area contributed by atoms with Gasteiger partial charge in [0.15, 0.2) is 5.78 Å². The lowest BCUT2D eigenvalue weighted by Crippen LogP contribution is -2.27. The second-order valence-corrected chi connectivity index (χ2v) is 6.78. The Balaban J connectivity index is 1.98. The topological polar surface area (TPSA) is 44.8 Å². The molecule has 0 radical (unpaired) electrons. The first kappa shape index (κ1) is 21.3. The third-order valence-electron chi connectivity index (χ3n) is 4.85. The molecule has 0 aromatic heterocycles. The summed E-state index contributed by atoms with van der Waals surface area (Å²) in [4.78, 5) is 13.5. The van der Waals surface area contributed by atoms with E-state index in [1.165, 1.54) is 0 Å². The van der Waals surface area contributed by atoms with Crippen molar-refractivity contribution >= 4 is 5.78 Å². The molecule has 3 aromatic rings. The van der Waals surface area contributed by atoms with E-state index in [9.17, 15) is 4.79 Å². The average molecular weight is 402 g/mol. The molecule has 3 rings (SSSR count). The molecule has 0 bridgehead atoms. The summed E-state index contributed by atoms with van der Waals surface area (Å²) in [6, 6.07) is 24.9. The second kappa shape index (κ2) is 10.4. The molecule has 0 aliphatic carbocycles. The molecule has 0 heterocycles. The van der Waals surface area contributed by atoms with Gasteiger partial charge in [-0.15, -0.1) is 6.58 Å². The van der Waals surface area contributed by atoms with Gasteiger partial charge in [0, 0.05) is 0 Å². The van der Waals surface area contributed by atoms with Gasteiger partial charge in [0.1, 0.15) is 23.7 Å². The van der Waals surface area contributed by atoms with Gasteiger partial charge in [-0.3, -0.25) is 4.79 Å². The molecular weight excluding hydrogens is 376 g/mol. The summed E-state index contributed by atoms with van der Waals surface area (Å²) in [5, 5.41) is 0. The van der Waals surface area contributed by atoms with Crippen molar-refractivity contribution in [2.45, 2.75) is 18.6 Å². The van der Waals surface area contributed by atoms with Gasteiger partial charge in [0.25, 0.3) is 0 Å². The molecule has 3 aromatic carbocycles. The van der Waals surface area contributed by atoms with Crippen molar-refractivity contribution in [2.24, 2.45) is 0 Å². The number of rotatable bonds is 10. The van der Waals surface area contributed by atoms with Crippen molar-refractivity contribution in [3.05, 3.63) is 108 Å². The van der Waals surface area contributed by atoms with Crippen molar-refractivity contribution in [2.75, 3.05) is 14.2 Å². The van der Waals surface area contributed by atoms with Gasteiger partial charge in [0.2, 0.25) is 0 Å². The summed E-state index contributed by atoms with van der Waals surface area (Å²) < 4.78 is 17.1. The van der Waals surface area contributed by atoms with Crippen LogP contribution in [0.25, 0.3) is 0 Å². The molecule has 0 fully saturated rings. The number of hydrogen-bond donors (Lipinski definition) is 0. The fourth-order valence-corrected chi connectivity index (χ4v) is 3.33. The lowest BCUT2D eigenvalue weighted by molar-refractivity contribution is 0.0138. The summed E-state index contributed by atoms with van der Waals surface area (Å²) in [5.74, 6) is 0.885. The lowest BCUT2D eigenvalue weighted by Gasteiger charge is -2.25. The van der Waals surface area contributed by atoms with E-state index in [4.69, 9.17) is 14.2 Å². The SMILES string of the molecule is C=CC[C@H](OC(c1ccccc1)c1ccccc1)C(=O)c1cc(OC)ccc1OC. The molecule has 4 nitrogen and oxygen atoms in total. The molecule has 0 aliphatic heterocycles.